The predicted octanol–water partition coefficient (Wildman–Crippen LogP) is 9.87. The monoisotopic (exact) mass is 904 g/mol. The number of carbonyl (C=O) groups excluding carboxylic acids is 4. The van der Waals surface area contributed by atoms with Crippen LogP contribution < -0.4 is 10.6 Å². The fraction of sp³-hybridized carbons (Fsp3) is 0.520. The van der Waals surface area contributed by atoms with Gasteiger partial charge in [-0.25, -0.2) is 19.6 Å². The van der Waals surface area contributed by atoms with E-state index in [4.69, 9.17) is 26.0 Å². The molecule has 5 heterocycles. The van der Waals surface area contributed by atoms with Crippen molar-refractivity contribution in [2.24, 2.45) is 17.3 Å². The number of benzene rings is 1. The van der Waals surface area contributed by atoms with Crippen LogP contribution in [0.5, 0.6) is 0 Å². The topological polar surface area (TPSA) is 175 Å². The summed E-state index contributed by atoms with van der Waals surface area (Å²) < 4.78 is 9.64. The van der Waals surface area contributed by atoms with Crippen LogP contribution in [0.25, 0.3) is 32.8 Å². The van der Waals surface area contributed by atoms with E-state index in [0.29, 0.717) is 13.1 Å². The summed E-state index contributed by atoms with van der Waals surface area (Å²) in [5, 5.41) is 5.47. The molecule has 14 nitrogen and oxygen atoms in total. The average molecular weight is 905 g/mol. The van der Waals surface area contributed by atoms with Crippen molar-refractivity contribution >= 4 is 57.5 Å². The summed E-state index contributed by atoms with van der Waals surface area (Å²) in [7, 11) is 2.61. The SMILES string of the molecule is C=C1CC2(CCCC2)CC/C(c2ccc(-c3cnc([C@@H]4CCCN4C(=O)[C@@H](NC(=O)OC)C(C)C)[nH]3)s2)=C\C=C1c1ccc2nc([C@@H]3CCCN3C(=O)[C@@H](NC(=O)OC)C(C)C)[nH]c2c1. The lowest BCUT2D eigenvalue weighted by Gasteiger charge is -2.30. The number of ether oxygens (including phenoxy) is 2. The summed E-state index contributed by atoms with van der Waals surface area (Å²) >= 11 is 1.75. The Balaban J connectivity index is 1.05. The molecule has 0 unspecified atom stereocenters. The zero-order valence-corrected chi connectivity index (χ0v) is 39.4. The maximum atomic E-state index is 13.8. The Kier molecular flexibility index (Phi) is 13.7. The molecule has 2 aliphatic carbocycles. The Labute approximate surface area is 385 Å². The lowest BCUT2D eigenvalue weighted by Crippen LogP contribution is -2.51. The zero-order chi connectivity index (χ0) is 46.0. The van der Waals surface area contributed by atoms with E-state index in [2.05, 4.69) is 63.1 Å². The summed E-state index contributed by atoms with van der Waals surface area (Å²) in [6.07, 6.45) is 16.3. The number of methoxy groups -OCH3 is 2. The molecule has 0 bridgehead atoms. The Morgan fingerprint density at radius 1 is 0.800 bits per heavy atom. The van der Waals surface area contributed by atoms with E-state index in [1.807, 2.05) is 43.7 Å². The van der Waals surface area contributed by atoms with Crippen LogP contribution in [0.4, 0.5) is 9.59 Å². The van der Waals surface area contributed by atoms with Gasteiger partial charge in [0.05, 0.1) is 54.1 Å². The van der Waals surface area contributed by atoms with Crippen molar-refractivity contribution in [3.8, 4) is 10.6 Å². The number of allylic oxidation sites excluding steroid dienone is 5. The highest BCUT2D eigenvalue weighted by Crippen LogP contribution is 2.51. The summed E-state index contributed by atoms with van der Waals surface area (Å²) in [5.41, 5.74) is 7.48. The molecule has 4 atom stereocenters. The number of imidazole rings is 2. The summed E-state index contributed by atoms with van der Waals surface area (Å²) in [5.74, 6) is 1.02. The van der Waals surface area contributed by atoms with Crippen molar-refractivity contribution in [2.45, 2.75) is 122 Å². The minimum atomic E-state index is -0.699. The van der Waals surface area contributed by atoms with Crippen LogP contribution in [0.2, 0.25) is 0 Å². The Hall–Kier alpha value is -5.70. The van der Waals surface area contributed by atoms with Gasteiger partial charge in [-0.15, -0.1) is 11.3 Å². The molecule has 1 spiro atoms. The number of aromatic amines is 2. The number of amides is 4. The minimum Gasteiger partial charge on any atom is -0.453 e. The smallest absolute Gasteiger partial charge is 0.407 e. The Morgan fingerprint density at radius 3 is 2.03 bits per heavy atom. The van der Waals surface area contributed by atoms with Gasteiger partial charge in [-0.1, -0.05) is 65.3 Å². The molecule has 1 aromatic carbocycles. The third kappa shape index (κ3) is 9.66. The largest absolute Gasteiger partial charge is 0.453 e. The maximum Gasteiger partial charge on any atom is 0.407 e. The molecule has 4 aromatic rings. The van der Waals surface area contributed by atoms with E-state index in [0.717, 1.165) is 94.9 Å². The lowest BCUT2D eigenvalue weighted by molar-refractivity contribution is -0.136. The number of likely N-dealkylation sites (tertiary alicyclic amines) is 2. The molecule has 346 valence electrons. The number of aromatic nitrogens is 4. The first kappa shape index (κ1) is 45.9. The first-order valence-corrected chi connectivity index (χ1v) is 24.1. The number of alkyl carbamates (subject to hydrolysis) is 2. The molecule has 3 aromatic heterocycles. The van der Waals surface area contributed by atoms with E-state index < -0.39 is 24.3 Å². The number of carbonyl (C=O) groups is 4. The molecule has 65 heavy (non-hydrogen) atoms. The van der Waals surface area contributed by atoms with Crippen molar-refractivity contribution in [3.05, 3.63) is 82.9 Å². The van der Waals surface area contributed by atoms with Crippen molar-refractivity contribution in [1.82, 2.24) is 40.4 Å². The molecule has 15 heteroatoms. The van der Waals surface area contributed by atoms with Gasteiger partial charge in [0.1, 0.15) is 23.7 Å². The third-order valence-electron chi connectivity index (χ3n) is 14.1. The number of hydrogen-bond acceptors (Lipinski definition) is 9. The van der Waals surface area contributed by atoms with E-state index in [9.17, 15) is 19.2 Å². The number of hydrogen-bond donors (Lipinski definition) is 4. The maximum absolute atomic E-state index is 13.8. The highest BCUT2D eigenvalue weighted by atomic mass is 32.1. The Bertz CT molecular complexity index is 2490. The molecule has 3 fully saturated rings. The number of H-pyrrole nitrogens is 2. The van der Waals surface area contributed by atoms with Gasteiger partial charge in [0.2, 0.25) is 11.8 Å². The van der Waals surface area contributed by atoms with Gasteiger partial charge in [-0.2, -0.15) is 0 Å². The van der Waals surface area contributed by atoms with Crippen LogP contribution in [0.15, 0.2) is 60.8 Å². The van der Waals surface area contributed by atoms with Crippen LogP contribution >= 0.6 is 11.3 Å². The molecule has 4 N–H and O–H groups in total. The van der Waals surface area contributed by atoms with Crippen LogP contribution in [0.3, 0.4) is 0 Å². The first-order chi connectivity index (χ1) is 31.3. The van der Waals surface area contributed by atoms with Gasteiger partial charge in [0.15, 0.2) is 0 Å². The van der Waals surface area contributed by atoms with Gasteiger partial charge in [-0.05, 0) is 122 Å². The van der Waals surface area contributed by atoms with Gasteiger partial charge in [-0.3, -0.25) is 9.59 Å². The first-order valence-electron chi connectivity index (χ1n) is 23.3. The summed E-state index contributed by atoms with van der Waals surface area (Å²) in [4.78, 5) is 74.8. The lowest BCUT2D eigenvalue weighted by atomic mass is 9.74. The molecule has 4 amide bonds. The second-order valence-electron chi connectivity index (χ2n) is 19.1. The quantitative estimate of drug-likeness (QED) is 0.115. The van der Waals surface area contributed by atoms with Gasteiger partial charge in [0.25, 0.3) is 0 Å². The zero-order valence-electron chi connectivity index (χ0n) is 38.6. The number of nitrogens with one attached hydrogen (secondary N) is 4. The van der Waals surface area contributed by atoms with Gasteiger partial charge in [0, 0.05) is 18.0 Å². The van der Waals surface area contributed by atoms with Gasteiger partial charge >= 0.3 is 12.2 Å². The number of nitrogens with zero attached hydrogens (tertiary/aromatic N) is 4. The van der Waals surface area contributed by atoms with Crippen LogP contribution in [0.1, 0.15) is 132 Å². The highest BCUT2D eigenvalue weighted by molar-refractivity contribution is 7.16. The Morgan fingerprint density at radius 2 is 1.42 bits per heavy atom. The fourth-order valence-electron chi connectivity index (χ4n) is 10.5. The summed E-state index contributed by atoms with van der Waals surface area (Å²) in [6, 6.07) is 8.92. The number of fused-ring (bicyclic) bond motifs is 1. The molecule has 2 aliphatic heterocycles. The fourth-order valence-corrected chi connectivity index (χ4v) is 11.5. The normalized spacial score (nSPS) is 21.8. The second-order valence-corrected chi connectivity index (χ2v) is 20.1. The van der Waals surface area contributed by atoms with Crippen LogP contribution in [0, 0.1) is 17.3 Å². The third-order valence-corrected chi connectivity index (χ3v) is 15.3. The van der Waals surface area contributed by atoms with Crippen molar-refractivity contribution < 1.29 is 28.7 Å². The van der Waals surface area contributed by atoms with E-state index in [1.54, 1.807) is 11.3 Å². The van der Waals surface area contributed by atoms with Crippen molar-refractivity contribution in [3.63, 3.8) is 0 Å². The van der Waals surface area contributed by atoms with Crippen molar-refractivity contribution in [2.75, 3.05) is 27.3 Å². The number of thiophene rings is 1. The molecule has 4 aliphatic rings. The highest BCUT2D eigenvalue weighted by Gasteiger charge is 2.40. The van der Waals surface area contributed by atoms with Crippen molar-refractivity contribution in [1.29, 1.82) is 0 Å². The molecule has 1 saturated carbocycles. The molecular formula is C50H64N8O6S. The summed E-state index contributed by atoms with van der Waals surface area (Å²) in [6.45, 7) is 13.6. The molecule has 8 rings (SSSR count). The second kappa shape index (κ2) is 19.4. The average Bonchev–Trinajstić information content (AvgIpc) is 4.15. The van der Waals surface area contributed by atoms with Gasteiger partial charge < -0.3 is 39.9 Å². The van der Waals surface area contributed by atoms with E-state index in [-0.39, 0.29) is 41.1 Å². The standard InChI is InChI=1S/C50H64N8O6S/c1-29(2)42(55-48(61)63-6)46(59)57-24-10-12-38(57)44-51-28-37(54-44)41-19-18-40(65-41)32-14-16-34(31(5)27-50(23-20-32)21-8-9-22-50)33-15-17-35-36(26-33)53-45(52-35)39-13-11-25-58(39)47(60)43(30(3)4)56-49(62)64-7/h14-19,26,28-30,38-39,42-43H,5,8-13,20-25,27H2,1-4,6-7H3,(H,51,54)(H,52,53)(H,55,61)(H,56,62)/b32-14+,34-16?/t38-,39-,42-,43-/m0/s1. The van der Waals surface area contributed by atoms with E-state index in [1.165, 1.54) is 50.4 Å². The number of rotatable bonds is 11. The molecular weight excluding hydrogens is 841 g/mol. The van der Waals surface area contributed by atoms with E-state index >= 15 is 0 Å². The minimum absolute atomic E-state index is 0.108. The van der Waals surface area contributed by atoms with Crippen LogP contribution in [-0.2, 0) is 19.1 Å². The van der Waals surface area contributed by atoms with Crippen LogP contribution in [-0.4, -0.2) is 93.1 Å². The molecule has 2 saturated heterocycles. The molecule has 0 radical (unpaired) electrons. The predicted molar refractivity (Wildman–Crippen MR) is 254 cm³/mol.